The van der Waals surface area contributed by atoms with Gasteiger partial charge in [-0.3, -0.25) is 0 Å². The summed E-state index contributed by atoms with van der Waals surface area (Å²) < 4.78 is 5.44. The monoisotopic (exact) mass is 328 g/mol. The molecule has 3 rings (SSSR count). The maximum absolute atomic E-state index is 5.44. The molecule has 24 heavy (non-hydrogen) atoms. The molecule has 1 aliphatic rings. The van der Waals surface area contributed by atoms with E-state index < -0.39 is 0 Å². The molecule has 2 N–H and O–H groups in total. The average molecular weight is 328 g/mol. The first kappa shape index (κ1) is 16.4. The first-order chi connectivity index (χ1) is 11.8. The van der Waals surface area contributed by atoms with Gasteiger partial charge >= 0.3 is 0 Å². The molecule has 1 aromatic carbocycles. The minimum absolute atomic E-state index is 0.343. The number of hydrogen-bond donors (Lipinski definition) is 2. The van der Waals surface area contributed by atoms with Crippen LogP contribution in [0.15, 0.2) is 30.5 Å². The van der Waals surface area contributed by atoms with Crippen LogP contribution in [0.1, 0.15) is 20.3 Å². The maximum Gasteiger partial charge on any atom is 0.249 e. The summed E-state index contributed by atoms with van der Waals surface area (Å²) in [5.74, 6) is 1.22. The molecule has 1 aromatic heterocycles. The van der Waals surface area contributed by atoms with Gasteiger partial charge in [0.05, 0.1) is 30.8 Å². The summed E-state index contributed by atoms with van der Waals surface area (Å²) in [6.45, 7) is 7.51. The fraction of sp³-hybridized carbons (Fsp3) is 0.471. The second kappa shape index (κ2) is 7.92. The summed E-state index contributed by atoms with van der Waals surface area (Å²) in [7, 11) is 0. The fourth-order valence-corrected chi connectivity index (χ4v) is 2.56. The van der Waals surface area contributed by atoms with Crippen LogP contribution in [0.4, 0.5) is 23.1 Å². The molecule has 1 saturated heterocycles. The Hall–Kier alpha value is -2.41. The van der Waals surface area contributed by atoms with Crippen molar-refractivity contribution < 1.29 is 4.74 Å². The van der Waals surface area contributed by atoms with Gasteiger partial charge in [0.1, 0.15) is 0 Å². The van der Waals surface area contributed by atoms with E-state index in [0.29, 0.717) is 12.0 Å². The number of rotatable bonds is 6. The number of nitrogens with zero attached hydrogens (tertiary/aromatic N) is 4. The van der Waals surface area contributed by atoms with Gasteiger partial charge in [0.2, 0.25) is 5.95 Å². The van der Waals surface area contributed by atoms with Gasteiger partial charge in [-0.15, -0.1) is 5.10 Å². The van der Waals surface area contributed by atoms with E-state index in [1.54, 1.807) is 6.20 Å². The lowest BCUT2D eigenvalue weighted by Crippen LogP contribution is -2.36. The van der Waals surface area contributed by atoms with E-state index in [0.717, 1.165) is 49.9 Å². The lowest BCUT2D eigenvalue weighted by Gasteiger charge is -2.30. The standard InChI is InChI=1S/C17H24N6O/c1-3-13(2)19-16-12-18-22-17(21-16)20-14-6-4-5-7-15(14)23-8-10-24-11-9-23/h4-7,12-13H,3,8-11H2,1-2H3,(H2,19,20,21,22). The van der Waals surface area contributed by atoms with Crippen LogP contribution < -0.4 is 15.5 Å². The molecular formula is C17H24N6O. The Labute approximate surface area is 142 Å². The molecule has 0 radical (unpaired) electrons. The van der Waals surface area contributed by atoms with Gasteiger partial charge < -0.3 is 20.3 Å². The molecule has 0 spiro atoms. The molecule has 0 saturated carbocycles. The molecule has 0 amide bonds. The number of benzene rings is 1. The third kappa shape index (κ3) is 4.11. The Morgan fingerprint density at radius 3 is 2.83 bits per heavy atom. The Bertz CT molecular complexity index is 659. The maximum atomic E-state index is 5.44. The second-order valence-electron chi connectivity index (χ2n) is 5.86. The van der Waals surface area contributed by atoms with Crippen molar-refractivity contribution in [1.82, 2.24) is 15.2 Å². The average Bonchev–Trinajstić information content (AvgIpc) is 2.63. The van der Waals surface area contributed by atoms with Crippen LogP contribution in [0.3, 0.4) is 0 Å². The smallest absolute Gasteiger partial charge is 0.249 e. The normalized spacial score (nSPS) is 15.8. The lowest BCUT2D eigenvalue weighted by atomic mass is 10.2. The minimum Gasteiger partial charge on any atom is -0.378 e. The first-order valence-electron chi connectivity index (χ1n) is 8.41. The van der Waals surface area contributed by atoms with Crippen molar-refractivity contribution in [2.45, 2.75) is 26.3 Å². The van der Waals surface area contributed by atoms with Crippen molar-refractivity contribution >= 4 is 23.1 Å². The molecule has 1 aliphatic heterocycles. The van der Waals surface area contributed by atoms with Gasteiger partial charge in [0.25, 0.3) is 0 Å². The van der Waals surface area contributed by atoms with Crippen molar-refractivity contribution in [2.75, 3.05) is 41.8 Å². The van der Waals surface area contributed by atoms with Crippen LogP contribution in [-0.4, -0.2) is 47.5 Å². The minimum atomic E-state index is 0.343. The second-order valence-corrected chi connectivity index (χ2v) is 5.86. The van der Waals surface area contributed by atoms with Crippen LogP contribution in [-0.2, 0) is 4.74 Å². The zero-order chi connectivity index (χ0) is 16.8. The number of ether oxygens (including phenoxy) is 1. The highest BCUT2D eigenvalue weighted by molar-refractivity contribution is 5.73. The predicted molar refractivity (Wildman–Crippen MR) is 96.0 cm³/mol. The van der Waals surface area contributed by atoms with Gasteiger partial charge in [-0.2, -0.15) is 10.1 Å². The molecule has 2 heterocycles. The summed E-state index contributed by atoms with van der Waals surface area (Å²) in [5, 5.41) is 14.7. The van der Waals surface area contributed by atoms with Crippen molar-refractivity contribution in [3.05, 3.63) is 30.5 Å². The third-order valence-electron chi connectivity index (χ3n) is 4.07. The largest absolute Gasteiger partial charge is 0.378 e. The summed E-state index contributed by atoms with van der Waals surface area (Å²) in [5.41, 5.74) is 2.10. The van der Waals surface area contributed by atoms with Crippen molar-refractivity contribution in [3.63, 3.8) is 0 Å². The van der Waals surface area contributed by atoms with E-state index in [1.807, 2.05) is 18.2 Å². The van der Waals surface area contributed by atoms with E-state index >= 15 is 0 Å². The zero-order valence-electron chi connectivity index (χ0n) is 14.2. The van der Waals surface area contributed by atoms with Crippen LogP contribution in [0.25, 0.3) is 0 Å². The van der Waals surface area contributed by atoms with Gasteiger partial charge in [-0.05, 0) is 25.5 Å². The van der Waals surface area contributed by atoms with Gasteiger partial charge in [0.15, 0.2) is 5.82 Å². The summed E-state index contributed by atoms with van der Waals surface area (Å²) in [6, 6.07) is 8.51. The molecule has 1 atom stereocenters. The van der Waals surface area contributed by atoms with Crippen LogP contribution >= 0.6 is 0 Å². The molecule has 2 aromatic rings. The Balaban J connectivity index is 1.77. The highest BCUT2D eigenvalue weighted by atomic mass is 16.5. The Kier molecular flexibility index (Phi) is 5.43. The van der Waals surface area contributed by atoms with Gasteiger partial charge in [0, 0.05) is 19.1 Å². The van der Waals surface area contributed by atoms with Gasteiger partial charge in [-0.1, -0.05) is 19.1 Å². The lowest BCUT2D eigenvalue weighted by molar-refractivity contribution is 0.123. The predicted octanol–water partition coefficient (Wildman–Crippen LogP) is 2.66. The van der Waals surface area contributed by atoms with E-state index in [2.05, 4.69) is 50.6 Å². The number of para-hydroxylation sites is 2. The number of anilines is 4. The topological polar surface area (TPSA) is 75.2 Å². The summed E-state index contributed by atoms with van der Waals surface area (Å²) in [4.78, 5) is 6.81. The quantitative estimate of drug-likeness (QED) is 0.844. The van der Waals surface area contributed by atoms with E-state index in [1.165, 1.54) is 0 Å². The molecule has 0 bridgehead atoms. The first-order valence-corrected chi connectivity index (χ1v) is 8.41. The summed E-state index contributed by atoms with van der Waals surface area (Å²) >= 11 is 0. The number of aromatic nitrogens is 3. The zero-order valence-corrected chi connectivity index (χ0v) is 14.2. The summed E-state index contributed by atoms with van der Waals surface area (Å²) in [6.07, 6.45) is 2.66. The van der Waals surface area contributed by atoms with Crippen LogP contribution in [0, 0.1) is 0 Å². The number of nitrogens with one attached hydrogen (secondary N) is 2. The molecule has 7 nitrogen and oxygen atoms in total. The van der Waals surface area contributed by atoms with E-state index in [9.17, 15) is 0 Å². The SMILES string of the molecule is CCC(C)Nc1cnnc(Nc2ccccc2N2CCOCC2)n1. The molecule has 1 fully saturated rings. The molecule has 128 valence electrons. The van der Waals surface area contributed by atoms with E-state index in [4.69, 9.17) is 4.74 Å². The number of morpholine rings is 1. The third-order valence-corrected chi connectivity index (χ3v) is 4.07. The van der Waals surface area contributed by atoms with Crippen molar-refractivity contribution in [2.24, 2.45) is 0 Å². The number of hydrogen-bond acceptors (Lipinski definition) is 7. The van der Waals surface area contributed by atoms with Gasteiger partial charge in [-0.25, -0.2) is 0 Å². The Morgan fingerprint density at radius 1 is 1.25 bits per heavy atom. The van der Waals surface area contributed by atoms with Crippen molar-refractivity contribution in [3.8, 4) is 0 Å². The molecular weight excluding hydrogens is 304 g/mol. The fourth-order valence-electron chi connectivity index (χ4n) is 2.56. The Morgan fingerprint density at radius 2 is 2.04 bits per heavy atom. The van der Waals surface area contributed by atoms with Crippen LogP contribution in [0.5, 0.6) is 0 Å². The van der Waals surface area contributed by atoms with Crippen LogP contribution in [0.2, 0.25) is 0 Å². The highest BCUT2D eigenvalue weighted by Gasteiger charge is 2.15. The molecule has 7 heteroatoms. The van der Waals surface area contributed by atoms with E-state index in [-0.39, 0.29) is 0 Å². The van der Waals surface area contributed by atoms with Crippen molar-refractivity contribution in [1.29, 1.82) is 0 Å². The molecule has 0 aliphatic carbocycles. The molecule has 1 unspecified atom stereocenters. The highest BCUT2D eigenvalue weighted by Crippen LogP contribution is 2.28.